The van der Waals surface area contributed by atoms with Gasteiger partial charge in [0, 0.05) is 31.0 Å². The van der Waals surface area contributed by atoms with E-state index in [1.807, 2.05) is 74.4 Å². The number of aliphatic hydroxyl groups is 1. The second-order valence-corrected chi connectivity index (χ2v) is 9.67. The molecule has 36 heavy (non-hydrogen) atoms. The van der Waals surface area contributed by atoms with Crippen molar-refractivity contribution in [2.45, 2.75) is 26.8 Å². The van der Waals surface area contributed by atoms with Crippen LogP contribution in [0.15, 0.2) is 78.4 Å². The number of hydrogen-bond donors (Lipinski definition) is 1. The first-order valence-electron chi connectivity index (χ1n) is 12.1. The highest BCUT2D eigenvalue weighted by Crippen LogP contribution is 2.43. The van der Waals surface area contributed by atoms with Crippen LogP contribution >= 0.6 is 0 Å². The van der Waals surface area contributed by atoms with Crippen LogP contribution in [0.1, 0.15) is 36.6 Å². The van der Waals surface area contributed by atoms with E-state index in [2.05, 4.69) is 13.8 Å². The van der Waals surface area contributed by atoms with Gasteiger partial charge in [-0.3, -0.25) is 14.5 Å². The van der Waals surface area contributed by atoms with Gasteiger partial charge in [-0.25, -0.2) is 0 Å². The molecule has 0 aromatic heterocycles. The first kappa shape index (κ1) is 25.0. The van der Waals surface area contributed by atoms with Crippen LogP contribution in [0, 0.1) is 12.8 Å². The number of benzene rings is 3. The SMILES string of the molecule is Cc1ccccc1C1/C(=C(\O)c2ccc(OCC(C)C)cc2)C(=O)C(=O)N1c1ccc(N(C)C)cc1. The lowest BCUT2D eigenvalue weighted by Crippen LogP contribution is -2.29. The molecule has 3 aromatic rings. The number of carbonyl (C=O) groups excluding carboxylic acids is 2. The van der Waals surface area contributed by atoms with Gasteiger partial charge in [0.2, 0.25) is 0 Å². The highest BCUT2D eigenvalue weighted by Gasteiger charge is 2.47. The molecule has 6 nitrogen and oxygen atoms in total. The molecule has 1 amide bonds. The molecular weight excluding hydrogens is 452 g/mol. The molecule has 186 valence electrons. The fraction of sp³-hybridized carbons (Fsp3) is 0.267. The molecule has 3 aromatic carbocycles. The first-order valence-corrected chi connectivity index (χ1v) is 12.1. The third-order valence-corrected chi connectivity index (χ3v) is 6.28. The molecule has 1 unspecified atom stereocenters. The van der Waals surface area contributed by atoms with Crippen molar-refractivity contribution in [2.24, 2.45) is 5.92 Å². The Hall–Kier alpha value is -4.06. The Morgan fingerprint density at radius 3 is 2.19 bits per heavy atom. The van der Waals surface area contributed by atoms with Crippen molar-refractivity contribution in [3.63, 3.8) is 0 Å². The summed E-state index contributed by atoms with van der Waals surface area (Å²) >= 11 is 0. The van der Waals surface area contributed by atoms with E-state index < -0.39 is 17.7 Å². The summed E-state index contributed by atoms with van der Waals surface area (Å²) in [6, 6.07) is 21.2. The Bertz CT molecular complexity index is 1290. The van der Waals surface area contributed by atoms with E-state index in [0.29, 0.717) is 29.5 Å². The van der Waals surface area contributed by atoms with Crippen molar-refractivity contribution in [1.82, 2.24) is 0 Å². The van der Waals surface area contributed by atoms with Crippen molar-refractivity contribution in [1.29, 1.82) is 0 Å². The molecule has 1 saturated heterocycles. The molecule has 0 radical (unpaired) electrons. The molecule has 1 N–H and O–H groups in total. The second kappa shape index (κ2) is 10.3. The molecule has 1 atom stereocenters. The normalized spacial score (nSPS) is 17.1. The number of ketones is 1. The Balaban J connectivity index is 1.82. The van der Waals surface area contributed by atoms with Crippen LogP contribution in [0.2, 0.25) is 0 Å². The number of carbonyl (C=O) groups is 2. The lowest BCUT2D eigenvalue weighted by molar-refractivity contribution is -0.132. The molecular formula is C30H32N2O4. The van der Waals surface area contributed by atoms with Crippen LogP contribution in [-0.2, 0) is 9.59 Å². The molecule has 6 heteroatoms. The standard InChI is InChI=1S/C30H32N2O4/c1-19(2)18-36-24-16-10-21(11-17-24)28(33)26-27(25-9-7-6-8-20(25)3)32(30(35)29(26)34)23-14-12-22(13-15-23)31(4)5/h6-17,19,27,33H,18H2,1-5H3/b28-26+. The topological polar surface area (TPSA) is 70.1 Å². The van der Waals surface area contributed by atoms with Gasteiger partial charge in [0.1, 0.15) is 11.5 Å². The van der Waals surface area contributed by atoms with E-state index in [9.17, 15) is 14.7 Å². The fourth-order valence-electron chi connectivity index (χ4n) is 4.33. The van der Waals surface area contributed by atoms with E-state index in [1.54, 1.807) is 24.3 Å². The molecule has 0 saturated carbocycles. The minimum atomic E-state index is -0.756. The van der Waals surface area contributed by atoms with Crippen LogP contribution in [0.3, 0.4) is 0 Å². The van der Waals surface area contributed by atoms with Crippen LogP contribution in [0.5, 0.6) is 5.75 Å². The molecule has 1 aliphatic heterocycles. The Labute approximate surface area is 212 Å². The van der Waals surface area contributed by atoms with Gasteiger partial charge >= 0.3 is 0 Å². The third kappa shape index (κ3) is 4.85. The number of Topliss-reactive ketones (excluding diaryl/α,β-unsaturated/α-hetero) is 1. The highest BCUT2D eigenvalue weighted by atomic mass is 16.5. The molecule has 0 bridgehead atoms. The van der Waals surface area contributed by atoms with E-state index in [1.165, 1.54) is 4.90 Å². The lowest BCUT2D eigenvalue weighted by Gasteiger charge is -2.27. The average molecular weight is 485 g/mol. The maximum atomic E-state index is 13.4. The summed E-state index contributed by atoms with van der Waals surface area (Å²) in [7, 11) is 3.88. The average Bonchev–Trinajstić information content (AvgIpc) is 3.13. The monoisotopic (exact) mass is 484 g/mol. The van der Waals surface area contributed by atoms with Gasteiger partial charge in [0.15, 0.2) is 0 Å². The Morgan fingerprint density at radius 1 is 0.972 bits per heavy atom. The molecule has 4 rings (SSSR count). The third-order valence-electron chi connectivity index (χ3n) is 6.28. The van der Waals surface area contributed by atoms with Crippen molar-refractivity contribution in [3.05, 3.63) is 95.1 Å². The summed E-state index contributed by atoms with van der Waals surface area (Å²) in [5.41, 5.74) is 3.79. The molecule has 0 aliphatic carbocycles. The predicted octanol–water partition coefficient (Wildman–Crippen LogP) is 5.72. The molecule has 1 aliphatic rings. The quantitative estimate of drug-likeness (QED) is 0.264. The fourth-order valence-corrected chi connectivity index (χ4v) is 4.33. The number of hydrogen-bond acceptors (Lipinski definition) is 5. The molecule has 1 heterocycles. The number of rotatable bonds is 7. The van der Waals surface area contributed by atoms with Crippen molar-refractivity contribution in [2.75, 3.05) is 30.5 Å². The number of ether oxygens (including phenoxy) is 1. The molecule has 0 spiro atoms. The highest BCUT2D eigenvalue weighted by molar-refractivity contribution is 6.51. The van der Waals surface area contributed by atoms with E-state index in [-0.39, 0.29) is 11.3 Å². The van der Waals surface area contributed by atoms with Gasteiger partial charge in [0.25, 0.3) is 11.7 Å². The number of aryl methyl sites for hydroxylation is 1. The predicted molar refractivity (Wildman–Crippen MR) is 144 cm³/mol. The first-order chi connectivity index (χ1) is 17.2. The zero-order valence-electron chi connectivity index (χ0n) is 21.4. The van der Waals surface area contributed by atoms with Crippen LogP contribution in [0.4, 0.5) is 11.4 Å². The zero-order chi connectivity index (χ0) is 26.0. The summed E-state index contributed by atoms with van der Waals surface area (Å²) in [5.74, 6) is -0.520. The van der Waals surface area contributed by atoms with Crippen molar-refractivity contribution in [3.8, 4) is 5.75 Å². The van der Waals surface area contributed by atoms with E-state index >= 15 is 0 Å². The molecule has 1 fully saturated rings. The smallest absolute Gasteiger partial charge is 0.300 e. The Morgan fingerprint density at radius 2 is 1.61 bits per heavy atom. The summed E-state index contributed by atoms with van der Waals surface area (Å²) in [4.78, 5) is 30.2. The largest absolute Gasteiger partial charge is 0.507 e. The zero-order valence-corrected chi connectivity index (χ0v) is 21.4. The van der Waals surface area contributed by atoms with Gasteiger partial charge in [0.05, 0.1) is 18.2 Å². The van der Waals surface area contributed by atoms with Crippen LogP contribution in [-0.4, -0.2) is 37.5 Å². The summed E-state index contributed by atoms with van der Waals surface area (Å²) in [5, 5.41) is 11.4. The van der Waals surface area contributed by atoms with Gasteiger partial charge in [-0.15, -0.1) is 0 Å². The Kier molecular flexibility index (Phi) is 7.15. The van der Waals surface area contributed by atoms with Gasteiger partial charge in [-0.1, -0.05) is 38.1 Å². The number of anilines is 2. The van der Waals surface area contributed by atoms with Crippen molar-refractivity contribution >= 4 is 28.8 Å². The summed E-state index contributed by atoms with van der Waals surface area (Å²) in [6.45, 7) is 6.65. The number of aliphatic hydroxyl groups excluding tert-OH is 1. The van der Waals surface area contributed by atoms with E-state index in [0.717, 1.165) is 16.8 Å². The minimum Gasteiger partial charge on any atom is -0.507 e. The number of amides is 1. The maximum Gasteiger partial charge on any atom is 0.300 e. The summed E-state index contributed by atoms with van der Waals surface area (Å²) < 4.78 is 5.74. The minimum absolute atomic E-state index is 0.0711. The van der Waals surface area contributed by atoms with Gasteiger partial charge in [-0.2, -0.15) is 0 Å². The van der Waals surface area contributed by atoms with E-state index in [4.69, 9.17) is 4.74 Å². The maximum absolute atomic E-state index is 13.4. The summed E-state index contributed by atoms with van der Waals surface area (Å²) in [6.07, 6.45) is 0. The van der Waals surface area contributed by atoms with Crippen LogP contribution in [0.25, 0.3) is 5.76 Å². The van der Waals surface area contributed by atoms with Gasteiger partial charge < -0.3 is 14.7 Å². The van der Waals surface area contributed by atoms with Gasteiger partial charge in [-0.05, 0) is 72.5 Å². The van der Waals surface area contributed by atoms with Crippen LogP contribution < -0.4 is 14.5 Å². The lowest BCUT2D eigenvalue weighted by atomic mass is 9.92. The van der Waals surface area contributed by atoms with Crippen molar-refractivity contribution < 1.29 is 19.4 Å². The number of nitrogens with zero attached hydrogens (tertiary/aromatic N) is 2. The second-order valence-electron chi connectivity index (χ2n) is 9.67.